The summed E-state index contributed by atoms with van der Waals surface area (Å²) >= 11 is 0. The summed E-state index contributed by atoms with van der Waals surface area (Å²) in [4.78, 5) is 29.9. The fourth-order valence-corrected chi connectivity index (χ4v) is 2.81. The summed E-state index contributed by atoms with van der Waals surface area (Å²) in [6, 6.07) is 11.3. The highest BCUT2D eigenvalue weighted by Gasteiger charge is 2.31. The summed E-state index contributed by atoms with van der Waals surface area (Å²) in [6.07, 6.45) is 0. The zero-order valence-electron chi connectivity index (χ0n) is 11.6. The van der Waals surface area contributed by atoms with Gasteiger partial charge in [-0.15, -0.1) is 0 Å². The summed E-state index contributed by atoms with van der Waals surface area (Å²) in [6.45, 7) is 0. The van der Waals surface area contributed by atoms with E-state index < -0.39 is 4.92 Å². The number of nitrogens with zero attached hydrogens (tertiary/aromatic N) is 2. The number of non-ortho nitro benzene ring substituents is 1. The summed E-state index contributed by atoms with van der Waals surface area (Å²) < 4.78 is 0. The number of hydrogen-bond acceptors (Lipinski definition) is 5. The standard InChI is InChI=1S/C16H9N3O4/c20-15-8-4-1-2-6-10(8)17-14(15)12-9-5-3-7-11(19(22)23)13(9)18-16(12)21/h1-7,18,21H. The van der Waals surface area contributed by atoms with Gasteiger partial charge in [0.2, 0.25) is 5.78 Å². The van der Waals surface area contributed by atoms with E-state index in [1.807, 2.05) is 0 Å². The predicted molar refractivity (Wildman–Crippen MR) is 83.6 cm³/mol. The molecule has 1 aliphatic heterocycles. The molecule has 0 saturated heterocycles. The van der Waals surface area contributed by atoms with Crippen LogP contribution in [0.25, 0.3) is 10.9 Å². The Kier molecular flexibility index (Phi) is 2.59. The van der Waals surface area contributed by atoms with Crippen molar-refractivity contribution < 1.29 is 14.8 Å². The van der Waals surface area contributed by atoms with Crippen molar-refractivity contribution in [3.05, 3.63) is 63.7 Å². The number of carbonyl (C=O) groups excluding carboxylic acids is 1. The van der Waals surface area contributed by atoms with Crippen LogP contribution in [-0.4, -0.2) is 26.5 Å². The molecule has 0 bridgehead atoms. The maximum absolute atomic E-state index is 12.5. The van der Waals surface area contributed by atoms with Crippen LogP contribution >= 0.6 is 0 Å². The van der Waals surface area contributed by atoms with Gasteiger partial charge in [-0.1, -0.05) is 24.3 Å². The van der Waals surface area contributed by atoms with E-state index in [4.69, 9.17) is 0 Å². The van der Waals surface area contributed by atoms with Crippen molar-refractivity contribution in [2.24, 2.45) is 4.99 Å². The molecule has 0 aliphatic carbocycles. The van der Waals surface area contributed by atoms with Gasteiger partial charge in [-0.2, -0.15) is 0 Å². The lowest BCUT2D eigenvalue weighted by Crippen LogP contribution is -2.10. The highest BCUT2D eigenvalue weighted by atomic mass is 16.6. The smallest absolute Gasteiger partial charge is 0.293 e. The average molecular weight is 307 g/mol. The molecule has 0 radical (unpaired) electrons. The van der Waals surface area contributed by atoms with Gasteiger partial charge >= 0.3 is 0 Å². The first-order valence-electron chi connectivity index (χ1n) is 6.79. The minimum Gasteiger partial charge on any atom is -0.494 e. The van der Waals surface area contributed by atoms with E-state index in [1.54, 1.807) is 30.3 Å². The number of aromatic nitrogens is 1. The van der Waals surface area contributed by atoms with Gasteiger partial charge in [0.05, 0.1) is 16.2 Å². The molecule has 0 saturated carbocycles. The molecular formula is C16H9N3O4. The van der Waals surface area contributed by atoms with Crippen LogP contribution < -0.4 is 0 Å². The normalized spacial score (nSPS) is 13.2. The third-order valence-electron chi connectivity index (χ3n) is 3.82. The maximum atomic E-state index is 12.5. The Morgan fingerprint density at radius 3 is 2.65 bits per heavy atom. The number of ketones is 1. The minimum absolute atomic E-state index is 0.0791. The first-order valence-corrected chi connectivity index (χ1v) is 6.79. The van der Waals surface area contributed by atoms with Crippen molar-refractivity contribution in [1.29, 1.82) is 0 Å². The molecule has 1 aliphatic rings. The zero-order valence-corrected chi connectivity index (χ0v) is 11.6. The summed E-state index contributed by atoms with van der Waals surface area (Å²) in [5, 5.41) is 21.7. The van der Waals surface area contributed by atoms with Crippen molar-refractivity contribution >= 4 is 33.8 Å². The Hall–Kier alpha value is -3.48. The molecule has 7 nitrogen and oxygen atoms in total. The number of fused-ring (bicyclic) bond motifs is 2. The largest absolute Gasteiger partial charge is 0.494 e. The monoisotopic (exact) mass is 307 g/mol. The van der Waals surface area contributed by atoms with Gasteiger partial charge in [-0.3, -0.25) is 14.9 Å². The molecule has 1 aromatic heterocycles. The molecule has 0 atom stereocenters. The van der Waals surface area contributed by atoms with Crippen molar-refractivity contribution in [3.63, 3.8) is 0 Å². The summed E-state index contributed by atoms with van der Waals surface area (Å²) in [5.74, 6) is -0.627. The fourth-order valence-electron chi connectivity index (χ4n) is 2.81. The quantitative estimate of drug-likeness (QED) is 0.560. The number of nitro groups is 1. The van der Waals surface area contributed by atoms with Gasteiger partial charge in [-0.25, -0.2) is 4.99 Å². The lowest BCUT2D eigenvalue weighted by molar-refractivity contribution is -0.383. The van der Waals surface area contributed by atoms with Crippen LogP contribution in [0.5, 0.6) is 5.88 Å². The zero-order chi connectivity index (χ0) is 16.1. The maximum Gasteiger partial charge on any atom is 0.293 e. The van der Waals surface area contributed by atoms with Crippen molar-refractivity contribution in [2.45, 2.75) is 0 Å². The number of nitro benzene ring substituents is 1. The van der Waals surface area contributed by atoms with E-state index in [-0.39, 0.29) is 34.1 Å². The number of para-hydroxylation sites is 2. The van der Waals surface area contributed by atoms with Crippen molar-refractivity contribution in [1.82, 2.24) is 4.98 Å². The molecule has 2 heterocycles. The molecule has 3 aromatic rings. The van der Waals surface area contributed by atoms with Crippen molar-refractivity contribution in [2.75, 3.05) is 0 Å². The summed E-state index contributed by atoms with van der Waals surface area (Å²) in [7, 11) is 0. The number of H-pyrrole nitrogens is 1. The molecule has 7 heteroatoms. The van der Waals surface area contributed by atoms with Gasteiger partial charge in [0, 0.05) is 17.0 Å². The Balaban J connectivity index is 1.99. The first-order chi connectivity index (χ1) is 11.1. The van der Waals surface area contributed by atoms with E-state index in [1.165, 1.54) is 12.1 Å². The molecule has 0 fully saturated rings. The molecule has 0 amide bonds. The summed E-state index contributed by atoms with van der Waals surface area (Å²) in [5.41, 5.74) is 1.22. The topological polar surface area (TPSA) is 109 Å². The van der Waals surface area contributed by atoms with Crippen LogP contribution in [0.2, 0.25) is 0 Å². The van der Waals surface area contributed by atoms with E-state index in [0.717, 1.165) is 0 Å². The Bertz CT molecular complexity index is 1030. The van der Waals surface area contributed by atoms with Crippen LogP contribution in [0, 0.1) is 10.1 Å². The molecule has 0 spiro atoms. The third-order valence-corrected chi connectivity index (χ3v) is 3.82. The highest BCUT2D eigenvalue weighted by Crippen LogP contribution is 2.37. The Morgan fingerprint density at radius 1 is 1.13 bits per heavy atom. The molecule has 23 heavy (non-hydrogen) atoms. The molecular weight excluding hydrogens is 298 g/mol. The molecule has 2 aromatic carbocycles. The van der Waals surface area contributed by atoms with Crippen molar-refractivity contribution in [3.8, 4) is 5.88 Å². The van der Waals surface area contributed by atoms with E-state index in [9.17, 15) is 20.0 Å². The number of aliphatic imine (C=N–C) groups is 1. The van der Waals surface area contributed by atoms with Gasteiger partial charge in [-0.05, 0) is 12.1 Å². The van der Waals surface area contributed by atoms with E-state index in [0.29, 0.717) is 16.6 Å². The molecule has 112 valence electrons. The van der Waals surface area contributed by atoms with Crippen LogP contribution in [0.1, 0.15) is 15.9 Å². The number of rotatable bonds is 2. The second-order valence-electron chi connectivity index (χ2n) is 5.11. The Labute approximate surface area is 129 Å². The van der Waals surface area contributed by atoms with Crippen LogP contribution in [-0.2, 0) is 0 Å². The fraction of sp³-hybridized carbons (Fsp3) is 0. The first kappa shape index (κ1) is 13.2. The lowest BCUT2D eigenvalue weighted by Gasteiger charge is -1.99. The number of aromatic amines is 1. The number of benzene rings is 2. The van der Waals surface area contributed by atoms with Gasteiger partial charge in [0.25, 0.3) is 5.69 Å². The molecule has 4 rings (SSSR count). The van der Waals surface area contributed by atoms with E-state index in [2.05, 4.69) is 9.98 Å². The Morgan fingerprint density at radius 2 is 1.91 bits per heavy atom. The number of nitrogens with one attached hydrogen (secondary N) is 1. The number of carbonyl (C=O) groups is 1. The predicted octanol–water partition coefficient (Wildman–Crippen LogP) is 3.10. The highest BCUT2D eigenvalue weighted by molar-refractivity contribution is 6.56. The second-order valence-corrected chi connectivity index (χ2v) is 5.11. The van der Waals surface area contributed by atoms with Gasteiger partial charge in [0.15, 0.2) is 5.88 Å². The number of hydrogen-bond donors (Lipinski definition) is 2. The average Bonchev–Trinajstić information content (AvgIpc) is 3.03. The van der Waals surface area contributed by atoms with Crippen LogP contribution in [0.3, 0.4) is 0 Å². The minimum atomic E-state index is -0.547. The van der Waals surface area contributed by atoms with Crippen LogP contribution in [0.15, 0.2) is 47.5 Å². The molecule has 0 unspecified atom stereocenters. The number of aromatic hydroxyl groups is 1. The second kappa shape index (κ2) is 4.51. The van der Waals surface area contributed by atoms with Gasteiger partial charge < -0.3 is 10.1 Å². The van der Waals surface area contributed by atoms with E-state index >= 15 is 0 Å². The SMILES string of the molecule is O=C1C(c2c(O)[nH]c3c([N+](=O)[O-])cccc23)=Nc2ccccc21. The molecule has 2 N–H and O–H groups in total. The lowest BCUT2D eigenvalue weighted by atomic mass is 10.0. The third kappa shape index (κ3) is 1.76. The number of Topliss-reactive ketones (excluding diaryl/α,β-unsaturated/α-hetero) is 1. The van der Waals surface area contributed by atoms with Gasteiger partial charge in [0.1, 0.15) is 11.2 Å². The van der Waals surface area contributed by atoms with Crippen LogP contribution in [0.4, 0.5) is 11.4 Å².